The van der Waals surface area contributed by atoms with Crippen LogP contribution in [0.1, 0.15) is 52.5 Å². The number of Topliss-reactive ketones (excluding diaryl/α,β-unsaturated/α-hetero) is 1. The van der Waals surface area contributed by atoms with Gasteiger partial charge in [-0.2, -0.15) is 0 Å². The van der Waals surface area contributed by atoms with Crippen LogP contribution in [0.2, 0.25) is 0 Å². The van der Waals surface area contributed by atoms with Crippen molar-refractivity contribution >= 4 is 34.3 Å². The summed E-state index contributed by atoms with van der Waals surface area (Å²) in [6, 6.07) is 12.0. The Labute approximate surface area is 237 Å². The molecule has 9 heteroatoms. The number of methoxy groups -OCH3 is 1. The SMILES string of the molecule is COC(C)(C)C(=O)N1CC(=O)CC1C(=O)NC(Cc1ccc2ccccc2c1)C(=O)NCCCCNCC(C)C. The van der Waals surface area contributed by atoms with Crippen LogP contribution in [0.15, 0.2) is 42.5 Å². The van der Waals surface area contributed by atoms with E-state index >= 15 is 0 Å². The number of rotatable bonds is 14. The number of carbonyl (C=O) groups excluding carboxylic acids is 4. The molecule has 9 nitrogen and oxygen atoms in total. The second-order valence-electron chi connectivity index (χ2n) is 11.4. The number of hydrogen-bond acceptors (Lipinski definition) is 6. The molecule has 1 heterocycles. The van der Waals surface area contributed by atoms with Gasteiger partial charge in [0, 0.05) is 26.5 Å². The Morgan fingerprint density at radius 1 is 1.05 bits per heavy atom. The third-order valence-corrected chi connectivity index (χ3v) is 7.25. The number of amides is 3. The Kier molecular flexibility index (Phi) is 11.2. The molecule has 1 saturated heterocycles. The number of nitrogens with one attached hydrogen (secondary N) is 3. The zero-order valence-electron chi connectivity index (χ0n) is 24.4. The lowest BCUT2D eigenvalue weighted by molar-refractivity contribution is -0.154. The summed E-state index contributed by atoms with van der Waals surface area (Å²) in [5.74, 6) is -0.883. The molecule has 3 N–H and O–H groups in total. The van der Waals surface area contributed by atoms with E-state index in [1.165, 1.54) is 12.0 Å². The first-order chi connectivity index (χ1) is 19.0. The normalized spacial score (nSPS) is 16.4. The van der Waals surface area contributed by atoms with E-state index in [-0.39, 0.29) is 31.1 Å². The van der Waals surface area contributed by atoms with Crippen LogP contribution in [0.4, 0.5) is 0 Å². The van der Waals surface area contributed by atoms with Gasteiger partial charge in [-0.05, 0) is 62.0 Å². The van der Waals surface area contributed by atoms with Gasteiger partial charge in [-0.25, -0.2) is 0 Å². The maximum Gasteiger partial charge on any atom is 0.255 e. The molecule has 0 radical (unpaired) electrons. The van der Waals surface area contributed by atoms with Crippen LogP contribution >= 0.6 is 0 Å². The van der Waals surface area contributed by atoms with Gasteiger partial charge >= 0.3 is 0 Å². The molecular weight excluding hydrogens is 508 g/mol. The van der Waals surface area contributed by atoms with Crippen molar-refractivity contribution in [3.8, 4) is 0 Å². The second kappa shape index (κ2) is 14.4. The van der Waals surface area contributed by atoms with Gasteiger partial charge in [-0.3, -0.25) is 19.2 Å². The summed E-state index contributed by atoms with van der Waals surface area (Å²) in [7, 11) is 1.41. The molecule has 2 atom stereocenters. The van der Waals surface area contributed by atoms with Crippen molar-refractivity contribution in [2.45, 2.75) is 71.1 Å². The van der Waals surface area contributed by atoms with Crippen LogP contribution in [0.5, 0.6) is 0 Å². The fourth-order valence-electron chi connectivity index (χ4n) is 4.75. The third-order valence-electron chi connectivity index (χ3n) is 7.25. The largest absolute Gasteiger partial charge is 0.369 e. The van der Waals surface area contributed by atoms with E-state index in [9.17, 15) is 19.2 Å². The van der Waals surface area contributed by atoms with Crippen LogP contribution in [-0.4, -0.2) is 79.4 Å². The van der Waals surface area contributed by atoms with Crippen LogP contribution in [0.3, 0.4) is 0 Å². The summed E-state index contributed by atoms with van der Waals surface area (Å²) >= 11 is 0. The lowest BCUT2D eigenvalue weighted by atomic mass is 10.0. The van der Waals surface area contributed by atoms with Crippen LogP contribution in [-0.2, 0) is 30.3 Å². The van der Waals surface area contributed by atoms with E-state index in [2.05, 4.69) is 29.8 Å². The highest BCUT2D eigenvalue weighted by Crippen LogP contribution is 2.22. The van der Waals surface area contributed by atoms with Gasteiger partial charge < -0.3 is 25.6 Å². The first-order valence-corrected chi connectivity index (χ1v) is 14.2. The standard InChI is InChI=1S/C31H44N4O5/c1-21(2)19-32-14-8-9-15-33-28(37)26(17-22-12-13-23-10-6-7-11-24(23)16-22)34-29(38)27-18-25(36)20-35(27)30(39)31(3,4)40-5/h6-7,10-13,16,21,26-27,32H,8-9,14-15,17-20H2,1-5H3,(H,33,37)(H,34,38). The molecule has 2 unspecified atom stereocenters. The molecule has 3 rings (SSSR count). The van der Waals surface area contributed by atoms with Crippen molar-refractivity contribution in [1.29, 1.82) is 0 Å². The van der Waals surface area contributed by atoms with Gasteiger partial charge in [0.2, 0.25) is 11.8 Å². The van der Waals surface area contributed by atoms with Gasteiger partial charge in [-0.1, -0.05) is 56.3 Å². The predicted octanol–water partition coefficient (Wildman–Crippen LogP) is 2.60. The molecule has 3 amide bonds. The number of nitrogens with zero attached hydrogens (tertiary/aromatic N) is 1. The van der Waals surface area contributed by atoms with E-state index in [4.69, 9.17) is 4.74 Å². The van der Waals surface area contributed by atoms with Crippen molar-refractivity contribution in [2.24, 2.45) is 5.92 Å². The molecule has 0 bridgehead atoms. The quantitative estimate of drug-likeness (QED) is 0.310. The van der Waals surface area contributed by atoms with Gasteiger partial charge in [-0.15, -0.1) is 0 Å². The minimum Gasteiger partial charge on any atom is -0.369 e. The Hall–Kier alpha value is -3.30. The molecule has 218 valence electrons. The number of ketones is 1. The Balaban J connectivity index is 1.71. The molecule has 0 aromatic heterocycles. The Bertz CT molecular complexity index is 1200. The molecular formula is C31H44N4O5. The fraction of sp³-hybridized carbons (Fsp3) is 0.548. The molecule has 0 aliphatic carbocycles. The highest BCUT2D eigenvalue weighted by molar-refractivity contribution is 6.01. The molecule has 0 spiro atoms. The highest BCUT2D eigenvalue weighted by atomic mass is 16.5. The summed E-state index contributed by atoms with van der Waals surface area (Å²) in [5, 5.41) is 11.3. The monoisotopic (exact) mass is 552 g/mol. The summed E-state index contributed by atoms with van der Waals surface area (Å²) in [5.41, 5.74) is -0.289. The number of fused-ring (bicyclic) bond motifs is 1. The number of hydrogen-bond donors (Lipinski definition) is 3. The number of unbranched alkanes of at least 4 members (excludes halogenated alkanes) is 1. The lowest BCUT2D eigenvalue weighted by Crippen LogP contribution is -2.56. The lowest BCUT2D eigenvalue weighted by Gasteiger charge is -2.31. The minimum absolute atomic E-state index is 0.0922. The Morgan fingerprint density at radius 2 is 1.75 bits per heavy atom. The molecule has 1 aliphatic heterocycles. The highest BCUT2D eigenvalue weighted by Gasteiger charge is 2.44. The molecule has 1 aliphatic rings. The zero-order chi connectivity index (χ0) is 29.3. The maximum atomic E-state index is 13.5. The summed E-state index contributed by atoms with van der Waals surface area (Å²) in [6.45, 7) is 9.68. The molecule has 2 aromatic carbocycles. The summed E-state index contributed by atoms with van der Waals surface area (Å²) in [4.78, 5) is 53.4. The second-order valence-corrected chi connectivity index (χ2v) is 11.4. The van der Waals surface area contributed by atoms with Crippen LogP contribution in [0, 0.1) is 5.92 Å². The van der Waals surface area contributed by atoms with Crippen LogP contribution < -0.4 is 16.0 Å². The molecule has 1 fully saturated rings. The van der Waals surface area contributed by atoms with Gasteiger partial charge in [0.1, 0.15) is 17.7 Å². The van der Waals surface area contributed by atoms with Crippen molar-refractivity contribution < 1.29 is 23.9 Å². The van der Waals surface area contributed by atoms with Crippen molar-refractivity contribution in [2.75, 3.05) is 33.3 Å². The van der Waals surface area contributed by atoms with Gasteiger partial charge in [0.05, 0.1) is 6.54 Å². The smallest absolute Gasteiger partial charge is 0.255 e. The van der Waals surface area contributed by atoms with E-state index in [1.54, 1.807) is 13.8 Å². The average Bonchev–Trinajstić information content (AvgIpc) is 3.32. The molecule has 2 aromatic rings. The van der Waals surface area contributed by atoms with Gasteiger partial charge in [0.25, 0.3) is 5.91 Å². The predicted molar refractivity (Wildman–Crippen MR) is 156 cm³/mol. The first-order valence-electron chi connectivity index (χ1n) is 14.2. The van der Waals surface area contributed by atoms with E-state index in [1.807, 2.05) is 42.5 Å². The van der Waals surface area contributed by atoms with Gasteiger partial charge in [0.15, 0.2) is 5.78 Å². The Morgan fingerprint density at radius 3 is 2.45 bits per heavy atom. The number of likely N-dealkylation sites (tertiary alicyclic amines) is 1. The maximum absolute atomic E-state index is 13.5. The first kappa shape index (κ1) is 31.2. The van der Waals surface area contributed by atoms with Crippen molar-refractivity contribution in [3.05, 3.63) is 48.0 Å². The average molecular weight is 553 g/mol. The topological polar surface area (TPSA) is 117 Å². The number of ether oxygens (including phenoxy) is 1. The summed E-state index contributed by atoms with van der Waals surface area (Å²) in [6.07, 6.45) is 1.91. The zero-order valence-corrected chi connectivity index (χ0v) is 24.4. The summed E-state index contributed by atoms with van der Waals surface area (Å²) < 4.78 is 5.30. The number of carbonyl (C=O) groups is 4. The van der Waals surface area contributed by atoms with Crippen molar-refractivity contribution in [1.82, 2.24) is 20.9 Å². The van der Waals surface area contributed by atoms with E-state index < -0.39 is 29.5 Å². The number of benzene rings is 2. The van der Waals surface area contributed by atoms with Crippen LogP contribution in [0.25, 0.3) is 10.8 Å². The molecule has 0 saturated carbocycles. The third kappa shape index (κ3) is 8.60. The molecule has 40 heavy (non-hydrogen) atoms. The van der Waals surface area contributed by atoms with E-state index in [0.29, 0.717) is 12.5 Å². The van der Waals surface area contributed by atoms with E-state index in [0.717, 1.165) is 42.3 Å². The van der Waals surface area contributed by atoms with Crippen molar-refractivity contribution in [3.63, 3.8) is 0 Å². The fourth-order valence-corrected chi connectivity index (χ4v) is 4.75. The minimum atomic E-state index is -1.19.